The lowest BCUT2D eigenvalue weighted by molar-refractivity contribution is 0.140. The minimum Gasteiger partial charge on any atom is -0.362 e. The molecule has 1 fully saturated rings. The number of anilines is 1. The zero-order chi connectivity index (χ0) is 15.9. The van der Waals surface area contributed by atoms with Crippen molar-refractivity contribution in [1.29, 1.82) is 0 Å². The molecule has 1 aromatic carbocycles. The third-order valence-electron chi connectivity index (χ3n) is 3.96. The molecule has 5 heteroatoms. The Kier molecular flexibility index (Phi) is 6.93. The first kappa shape index (κ1) is 17.5. The molecule has 1 aromatic rings. The highest BCUT2D eigenvalue weighted by molar-refractivity contribution is 7.80. The monoisotopic (exact) mass is 339 g/mol. The second-order valence-corrected chi connectivity index (χ2v) is 7.30. The van der Waals surface area contributed by atoms with E-state index in [0.717, 1.165) is 37.0 Å². The van der Waals surface area contributed by atoms with Crippen LogP contribution in [0.1, 0.15) is 26.7 Å². The van der Waals surface area contributed by atoms with Crippen LogP contribution < -0.4 is 10.6 Å². The molecule has 1 saturated heterocycles. The molecule has 0 unspecified atom stereocenters. The van der Waals surface area contributed by atoms with Crippen LogP contribution >= 0.6 is 23.8 Å². The van der Waals surface area contributed by atoms with E-state index in [9.17, 15) is 0 Å². The van der Waals surface area contributed by atoms with Crippen molar-refractivity contribution in [1.82, 2.24) is 10.2 Å². The molecule has 0 aliphatic carbocycles. The molecule has 122 valence electrons. The van der Waals surface area contributed by atoms with Gasteiger partial charge in [-0.1, -0.05) is 31.5 Å². The van der Waals surface area contributed by atoms with Gasteiger partial charge in [0.05, 0.1) is 0 Å². The fraction of sp³-hybridized carbons (Fsp3) is 0.588. The van der Waals surface area contributed by atoms with Gasteiger partial charge in [0.15, 0.2) is 5.11 Å². The van der Waals surface area contributed by atoms with Gasteiger partial charge >= 0.3 is 0 Å². The van der Waals surface area contributed by atoms with Gasteiger partial charge in [-0.05, 0) is 61.6 Å². The molecule has 2 atom stereocenters. The van der Waals surface area contributed by atoms with Crippen LogP contribution in [0.4, 0.5) is 5.69 Å². The summed E-state index contributed by atoms with van der Waals surface area (Å²) in [6, 6.07) is 7.58. The lowest BCUT2D eigenvalue weighted by Crippen LogP contribution is -2.40. The third kappa shape index (κ3) is 6.11. The Balaban J connectivity index is 1.63. The summed E-state index contributed by atoms with van der Waals surface area (Å²) in [4.78, 5) is 2.58. The molecule has 0 bridgehead atoms. The molecule has 1 aliphatic heterocycles. The summed E-state index contributed by atoms with van der Waals surface area (Å²) in [5, 5.41) is 7.79. The van der Waals surface area contributed by atoms with Gasteiger partial charge in [0.2, 0.25) is 0 Å². The number of hydrogen-bond acceptors (Lipinski definition) is 2. The Morgan fingerprint density at radius 2 is 2.05 bits per heavy atom. The molecule has 3 nitrogen and oxygen atoms in total. The summed E-state index contributed by atoms with van der Waals surface area (Å²) in [6.45, 7) is 9.20. The zero-order valence-corrected chi connectivity index (χ0v) is 15.0. The Morgan fingerprint density at radius 3 is 2.73 bits per heavy atom. The Hall–Kier alpha value is -0.840. The van der Waals surface area contributed by atoms with Crippen LogP contribution in [0.15, 0.2) is 24.3 Å². The second kappa shape index (κ2) is 8.70. The fourth-order valence-corrected chi connectivity index (χ4v) is 3.63. The SMILES string of the molecule is C[C@@H]1C[C@@H](C)CN(CCCNC(=S)Nc2cccc(Cl)c2)C1. The topological polar surface area (TPSA) is 27.3 Å². The fourth-order valence-electron chi connectivity index (χ4n) is 3.22. The van der Waals surface area contributed by atoms with E-state index in [1.54, 1.807) is 0 Å². The molecule has 22 heavy (non-hydrogen) atoms. The van der Waals surface area contributed by atoms with E-state index in [2.05, 4.69) is 29.4 Å². The number of nitrogens with one attached hydrogen (secondary N) is 2. The van der Waals surface area contributed by atoms with Crippen LogP contribution in [0.5, 0.6) is 0 Å². The smallest absolute Gasteiger partial charge is 0.170 e. The Labute approximate surface area is 144 Å². The van der Waals surface area contributed by atoms with Gasteiger partial charge in [0, 0.05) is 30.3 Å². The van der Waals surface area contributed by atoms with Crippen molar-refractivity contribution in [3.63, 3.8) is 0 Å². The first-order valence-corrected chi connectivity index (χ1v) is 8.84. The number of nitrogens with zero attached hydrogens (tertiary/aromatic N) is 1. The number of piperidine rings is 1. The molecule has 0 aromatic heterocycles. The van der Waals surface area contributed by atoms with Gasteiger partial charge in [-0.3, -0.25) is 0 Å². The molecular weight excluding hydrogens is 314 g/mol. The van der Waals surface area contributed by atoms with Crippen LogP contribution in [0.25, 0.3) is 0 Å². The predicted molar refractivity (Wildman–Crippen MR) is 99.7 cm³/mol. The van der Waals surface area contributed by atoms with E-state index in [0.29, 0.717) is 10.1 Å². The standard InChI is InChI=1S/C17H26ClN3S/c1-13-9-14(2)12-21(11-13)8-4-7-19-17(22)20-16-6-3-5-15(18)10-16/h3,5-6,10,13-14H,4,7-9,11-12H2,1-2H3,(H2,19,20,22)/t13-,14-/m1/s1. The normalized spacial score (nSPS) is 22.3. The lowest BCUT2D eigenvalue weighted by Gasteiger charge is -2.34. The molecule has 1 aliphatic rings. The largest absolute Gasteiger partial charge is 0.362 e. The molecule has 0 saturated carbocycles. The molecule has 0 amide bonds. The van der Waals surface area contributed by atoms with Gasteiger partial charge in [-0.25, -0.2) is 0 Å². The summed E-state index contributed by atoms with van der Waals surface area (Å²) < 4.78 is 0. The number of hydrogen-bond donors (Lipinski definition) is 2. The first-order chi connectivity index (χ1) is 10.5. The van der Waals surface area contributed by atoms with E-state index in [-0.39, 0.29) is 0 Å². The molecule has 1 heterocycles. The van der Waals surface area contributed by atoms with Crippen LogP contribution in [0.2, 0.25) is 5.02 Å². The number of halogens is 1. The highest BCUT2D eigenvalue weighted by atomic mass is 35.5. The van der Waals surface area contributed by atoms with Crippen LogP contribution in [0, 0.1) is 11.8 Å². The molecular formula is C17H26ClN3S. The van der Waals surface area contributed by atoms with E-state index in [1.807, 2.05) is 24.3 Å². The highest BCUT2D eigenvalue weighted by Crippen LogP contribution is 2.20. The maximum absolute atomic E-state index is 5.96. The summed E-state index contributed by atoms with van der Waals surface area (Å²) in [5.41, 5.74) is 0.920. The highest BCUT2D eigenvalue weighted by Gasteiger charge is 2.20. The van der Waals surface area contributed by atoms with Gasteiger partial charge in [-0.2, -0.15) is 0 Å². The minimum atomic E-state index is 0.655. The van der Waals surface area contributed by atoms with Crippen LogP contribution in [0.3, 0.4) is 0 Å². The molecule has 0 radical (unpaired) electrons. The average molecular weight is 340 g/mol. The van der Waals surface area contributed by atoms with Crippen molar-refractivity contribution in [3.05, 3.63) is 29.3 Å². The second-order valence-electron chi connectivity index (χ2n) is 6.45. The Bertz CT molecular complexity index is 485. The van der Waals surface area contributed by atoms with Crippen molar-refractivity contribution in [2.75, 3.05) is 31.5 Å². The van der Waals surface area contributed by atoms with Gasteiger partial charge in [-0.15, -0.1) is 0 Å². The minimum absolute atomic E-state index is 0.655. The summed E-state index contributed by atoms with van der Waals surface area (Å²) in [7, 11) is 0. The van der Waals surface area contributed by atoms with Crippen molar-refractivity contribution < 1.29 is 0 Å². The van der Waals surface area contributed by atoms with Gasteiger partial charge in [0.1, 0.15) is 0 Å². The third-order valence-corrected chi connectivity index (χ3v) is 4.45. The van der Waals surface area contributed by atoms with Crippen molar-refractivity contribution in [3.8, 4) is 0 Å². The van der Waals surface area contributed by atoms with Crippen LogP contribution in [-0.2, 0) is 0 Å². The number of benzene rings is 1. The maximum atomic E-state index is 5.96. The van der Waals surface area contributed by atoms with Crippen molar-refractivity contribution in [2.45, 2.75) is 26.7 Å². The summed E-state index contributed by atoms with van der Waals surface area (Å²) in [5.74, 6) is 1.64. The molecule has 0 spiro atoms. The number of thiocarbonyl (C=S) groups is 1. The van der Waals surface area contributed by atoms with E-state index >= 15 is 0 Å². The Morgan fingerprint density at radius 1 is 1.32 bits per heavy atom. The number of rotatable bonds is 5. The molecule has 2 N–H and O–H groups in total. The quantitative estimate of drug-likeness (QED) is 0.626. The summed E-state index contributed by atoms with van der Waals surface area (Å²) in [6.07, 6.45) is 2.47. The lowest BCUT2D eigenvalue weighted by atomic mass is 9.92. The van der Waals surface area contributed by atoms with Gasteiger partial charge < -0.3 is 15.5 Å². The zero-order valence-electron chi connectivity index (χ0n) is 13.4. The molecule has 2 rings (SSSR count). The van der Waals surface area contributed by atoms with Crippen molar-refractivity contribution >= 4 is 34.6 Å². The number of likely N-dealkylation sites (tertiary alicyclic amines) is 1. The van der Waals surface area contributed by atoms with Gasteiger partial charge in [0.25, 0.3) is 0 Å². The average Bonchev–Trinajstić information content (AvgIpc) is 2.42. The first-order valence-electron chi connectivity index (χ1n) is 8.05. The van der Waals surface area contributed by atoms with Crippen molar-refractivity contribution in [2.24, 2.45) is 11.8 Å². The predicted octanol–water partition coefficient (Wildman–Crippen LogP) is 3.99. The summed E-state index contributed by atoms with van der Waals surface area (Å²) >= 11 is 11.3. The van der Waals surface area contributed by atoms with E-state index in [1.165, 1.54) is 19.5 Å². The maximum Gasteiger partial charge on any atom is 0.170 e. The van der Waals surface area contributed by atoms with E-state index in [4.69, 9.17) is 23.8 Å². The van der Waals surface area contributed by atoms with Crippen LogP contribution in [-0.4, -0.2) is 36.2 Å². The van der Waals surface area contributed by atoms with E-state index < -0.39 is 0 Å².